The van der Waals surface area contributed by atoms with Crippen LogP contribution in [0.4, 0.5) is 0 Å². The molecular formula is C23H27BrN2O3. The number of rotatable bonds is 6. The molecule has 0 unspecified atom stereocenters. The Labute approximate surface area is 180 Å². The molecule has 0 saturated carbocycles. The second kappa shape index (κ2) is 9.92. The standard InChI is InChI=1S/C23H27BrN2O3/c1-17-5-3-4-6-21(17)29-16-15-25(2)22(27)19-11-13-26(14-12-19)23(28)18-7-9-20(24)10-8-18/h3-10,19H,11-16H2,1-2H3. The Kier molecular flexibility index (Phi) is 7.31. The number of nitrogens with zero attached hydrogens (tertiary/aromatic N) is 2. The second-order valence-corrected chi connectivity index (χ2v) is 8.36. The lowest BCUT2D eigenvalue weighted by Gasteiger charge is -2.33. The molecule has 1 heterocycles. The van der Waals surface area contributed by atoms with E-state index in [2.05, 4.69) is 15.9 Å². The van der Waals surface area contributed by atoms with Gasteiger partial charge in [0.15, 0.2) is 0 Å². The third-order valence-corrected chi connectivity index (χ3v) is 5.91. The van der Waals surface area contributed by atoms with Crippen molar-refractivity contribution in [3.63, 3.8) is 0 Å². The molecule has 0 radical (unpaired) electrons. The number of para-hydroxylation sites is 1. The highest BCUT2D eigenvalue weighted by molar-refractivity contribution is 9.10. The summed E-state index contributed by atoms with van der Waals surface area (Å²) in [5.74, 6) is 0.984. The van der Waals surface area contributed by atoms with Crippen molar-refractivity contribution in [2.45, 2.75) is 19.8 Å². The summed E-state index contributed by atoms with van der Waals surface area (Å²) >= 11 is 3.39. The number of ether oxygens (including phenoxy) is 1. The van der Waals surface area contributed by atoms with Crippen molar-refractivity contribution >= 4 is 27.7 Å². The quantitative estimate of drug-likeness (QED) is 0.653. The van der Waals surface area contributed by atoms with Gasteiger partial charge in [-0.25, -0.2) is 0 Å². The molecule has 6 heteroatoms. The van der Waals surface area contributed by atoms with Crippen LogP contribution in [0, 0.1) is 12.8 Å². The predicted molar refractivity (Wildman–Crippen MR) is 117 cm³/mol. The van der Waals surface area contributed by atoms with Gasteiger partial charge in [0.2, 0.25) is 5.91 Å². The molecule has 2 aromatic carbocycles. The predicted octanol–water partition coefficient (Wildman–Crippen LogP) is 4.15. The Morgan fingerprint density at radius 1 is 1.10 bits per heavy atom. The summed E-state index contributed by atoms with van der Waals surface area (Å²) in [6, 6.07) is 15.3. The number of benzene rings is 2. The van der Waals surface area contributed by atoms with Crippen molar-refractivity contribution in [2.24, 2.45) is 5.92 Å². The number of hydrogen-bond donors (Lipinski definition) is 0. The van der Waals surface area contributed by atoms with E-state index in [4.69, 9.17) is 4.74 Å². The van der Waals surface area contributed by atoms with Gasteiger partial charge in [-0.3, -0.25) is 9.59 Å². The Bertz CT molecular complexity index is 845. The average molecular weight is 459 g/mol. The fraction of sp³-hybridized carbons (Fsp3) is 0.391. The van der Waals surface area contributed by atoms with Crippen LogP contribution in [0.3, 0.4) is 0 Å². The first-order valence-corrected chi connectivity index (χ1v) is 10.7. The van der Waals surface area contributed by atoms with Gasteiger partial charge in [-0.15, -0.1) is 0 Å². The van der Waals surface area contributed by atoms with Crippen LogP contribution in [-0.4, -0.2) is 54.9 Å². The number of halogens is 1. The minimum atomic E-state index is -0.0348. The lowest BCUT2D eigenvalue weighted by Crippen LogP contribution is -2.44. The molecule has 0 N–H and O–H groups in total. The van der Waals surface area contributed by atoms with Crippen molar-refractivity contribution in [3.05, 3.63) is 64.1 Å². The van der Waals surface area contributed by atoms with Gasteiger partial charge in [0.1, 0.15) is 12.4 Å². The molecule has 1 saturated heterocycles. The minimum Gasteiger partial charge on any atom is -0.491 e. The van der Waals surface area contributed by atoms with Gasteiger partial charge < -0.3 is 14.5 Å². The SMILES string of the molecule is Cc1ccccc1OCCN(C)C(=O)C1CCN(C(=O)c2ccc(Br)cc2)CC1. The van der Waals surface area contributed by atoms with Crippen LogP contribution in [0.5, 0.6) is 5.75 Å². The van der Waals surface area contributed by atoms with E-state index in [1.807, 2.05) is 67.4 Å². The Morgan fingerprint density at radius 2 is 1.76 bits per heavy atom. The van der Waals surface area contributed by atoms with Crippen LogP contribution in [-0.2, 0) is 4.79 Å². The van der Waals surface area contributed by atoms with E-state index >= 15 is 0 Å². The second-order valence-electron chi connectivity index (χ2n) is 7.45. The van der Waals surface area contributed by atoms with Crippen LogP contribution in [0.25, 0.3) is 0 Å². The third kappa shape index (κ3) is 5.60. The van der Waals surface area contributed by atoms with Gasteiger partial charge in [0.05, 0.1) is 6.54 Å². The smallest absolute Gasteiger partial charge is 0.253 e. The fourth-order valence-corrected chi connectivity index (χ4v) is 3.80. The van der Waals surface area contributed by atoms with Gasteiger partial charge in [0, 0.05) is 36.1 Å². The number of hydrogen-bond acceptors (Lipinski definition) is 3. The topological polar surface area (TPSA) is 49.9 Å². The summed E-state index contributed by atoms with van der Waals surface area (Å²) in [5.41, 5.74) is 1.77. The number of likely N-dealkylation sites (N-methyl/N-ethyl adjacent to an activating group) is 1. The highest BCUT2D eigenvalue weighted by Crippen LogP contribution is 2.22. The van der Waals surface area contributed by atoms with Crippen molar-refractivity contribution in [1.82, 2.24) is 9.80 Å². The molecule has 2 amide bonds. The van der Waals surface area contributed by atoms with Crippen LogP contribution in [0.2, 0.25) is 0 Å². The van der Waals surface area contributed by atoms with Crippen molar-refractivity contribution in [2.75, 3.05) is 33.3 Å². The molecule has 0 aromatic heterocycles. The highest BCUT2D eigenvalue weighted by Gasteiger charge is 2.29. The molecular weight excluding hydrogens is 432 g/mol. The molecule has 154 valence electrons. The van der Waals surface area contributed by atoms with Gasteiger partial charge in [-0.2, -0.15) is 0 Å². The Morgan fingerprint density at radius 3 is 2.41 bits per heavy atom. The largest absolute Gasteiger partial charge is 0.491 e. The summed E-state index contributed by atoms with van der Waals surface area (Å²) in [6.45, 7) is 4.24. The highest BCUT2D eigenvalue weighted by atomic mass is 79.9. The fourth-order valence-electron chi connectivity index (χ4n) is 3.54. The molecule has 29 heavy (non-hydrogen) atoms. The molecule has 1 aliphatic rings. The lowest BCUT2D eigenvalue weighted by molar-refractivity contribution is -0.135. The van der Waals surface area contributed by atoms with Crippen LogP contribution in [0.1, 0.15) is 28.8 Å². The van der Waals surface area contributed by atoms with Crippen LogP contribution < -0.4 is 4.74 Å². The third-order valence-electron chi connectivity index (χ3n) is 5.38. The molecule has 0 aliphatic carbocycles. The molecule has 2 aromatic rings. The Hall–Kier alpha value is -2.34. The zero-order valence-corrected chi connectivity index (χ0v) is 18.5. The van der Waals surface area contributed by atoms with E-state index < -0.39 is 0 Å². The van der Waals surface area contributed by atoms with Gasteiger partial charge in [0.25, 0.3) is 5.91 Å². The maximum absolute atomic E-state index is 12.8. The summed E-state index contributed by atoms with van der Waals surface area (Å²) in [7, 11) is 1.82. The van der Waals surface area contributed by atoms with E-state index in [-0.39, 0.29) is 17.7 Å². The normalized spacial score (nSPS) is 14.5. The zero-order valence-electron chi connectivity index (χ0n) is 16.9. The molecule has 0 atom stereocenters. The number of amides is 2. The van der Waals surface area contributed by atoms with Gasteiger partial charge in [-0.1, -0.05) is 34.1 Å². The molecule has 5 nitrogen and oxygen atoms in total. The molecule has 3 rings (SSSR count). The number of carbonyl (C=O) groups excluding carboxylic acids is 2. The van der Waals surface area contributed by atoms with Crippen molar-refractivity contribution < 1.29 is 14.3 Å². The van der Waals surface area contributed by atoms with E-state index in [1.54, 1.807) is 4.90 Å². The molecule has 1 fully saturated rings. The summed E-state index contributed by atoms with van der Waals surface area (Å²) in [5, 5.41) is 0. The van der Waals surface area contributed by atoms with E-state index in [0.29, 0.717) is 44.6 Å². The maximum Gasteiger partial charge on any atom is 0.253 e. The van der Waals surface area contributed by atoms with Crippen LogP contribution in [0.15, 0.2) is 53.0 Å². The molecule has 0 bridgehead atoms. The van der Waals surface area contributed by atoms with Gasteiger partial charge >= 0.3 is 0 Å². The molecule has 0 spiro atoms. The maximum atomic E-state index is 12.8. The Balaban J connectivity index is 1.44. The lowest BCUT2D eigenvalue weighted by atomic mass is 9.95. The van der Waals surface area contributed by atoms with E-state index in [1.165, 1.54) is 0 Å². The summed E-state index contributed by atoms with van der Waals surface area (Å²) < 4.78 is 6.75. The number of piperidine rings is 1. The first-order valence-electron chi connectivity index (χ1n) is 9.94. The zero-order chi connectivity index (χ0) is 20.8. The van der Waals surface area contributed by atoms with Gasteiger partial charge in [-0.05, 0) is 55.7 Å². The summed E-state index contributed by atoms with van der Waals surface area (Å²) in [4.78, 5) is 29.0. The first kappa shape index (κ1) is 21.4. The van der Waals surface area contributed by atoms with E-state index in [9.17, 15) is 9.59 Å². The number of aryl methyl sites for hydroxylation is 1. The minimum absolute atomic E-state index is 0.0309. The number of carbonyl (C=O) groups is 2. The monoisotopic (exact) mass is 458 g/mol. The van der Waals surface area contributed by atoms with Crippen molar-refractivity contribution in [3.8, 4) is 5.75 Å². The number of likely N-dealkylation sites (tertiary alicyclic amines) is 1. The molecule has 1 aliphatic heterocycles. The van der Waals surface area contributed by atoms with Crippen molar-refractivity contribution in [1.29, 1.82) is 0 Å². The summed E-state index contributed by atoms with van der Waals surface area (Å²) in [6.07, 6.45) is 1.40. The average Bonchev–Trinajstić information content (AvgIpc) is 2.74. The van der Waals surface area contributed by atoms with E-state index in [0.717, 1.165) is 15.8 Å². The van der Waals surface area contributed by atoms with Crippen LogP contribution >= 0.6 is 15.9 Å². The first-order chi connectivity index (χ1) is 14.0.